The topological polar surface area (TPSA) is 46.3 Å². The number of benzene rings is 1. The van der Waals surface area contributed by atoms with Gasteiger partial charge in [-0.05, 0) is 37.1 Å². The van der Waals surface area contributed by atoms with E-state index in [4.69, 9.17) is 5.73 Å². The summed E-state index contributed by atoms with van der Waals surface area (Å²) >= 11 is 0. The van der Waals surface area contributed by atoms with Gasteiger partial charge in [0, 0.05) is 24.2 Å². The minimum atomic E-state index is 0.0783. The van der Waals surface area contributed by atoms with Crippen LogP contribution in [0.2, 0.25) is 0 Å². The van der Waals surface area contributed by atoms with Gasteiger partial charge in [0.05, 0.1) is 6.54 Å². The van der Waals surface area contributed by atoms with Gasteiger partial charge in [-0.2, -0.15) is 0 Å². The van der Waals surface area contributed by atoms with E-state index in [0.717, 1.165) is 18.7 Å². The van der Waals surface area contributed by atoms with E-state index in [0.29, 0.717) is 18.0 Å². The highest BCUT2D eigenvalue weighted by atomic mass is 16.2. The molecule has 1 amide bonds. The zero-order valence-electron chi connectivity index (χ0n) is 11.9. The average Bonchev–Trinajstić information content (AvgIpc) is 2.42. The third kappa shape index (κ3) is 4.76. The number of hydrogen-bond donors (Lipinski definition) is 1. The molecular formula is C16H22N2O. The zero-order valence-corrected chi connectivity index (χ0v) is 11.9. The van der Waals surface area contributed by atoms with Crippen molar-refractivity contribution in [3.05, 3.63) is 35.4 Å². The molecular weight excluding hydrogens is 236 g/mol. The smallest absolute Gasteiger partial charge is 0.253 e. The molecule has 3 heteroatoms. The van der Waals surface area contributed by atoms with Crippen molar-refractivity contribution in [2.75, 3.05) is 19.6 Å². The molecule has 0 radical (unpaired) electrons. The third-order valence-electron chi connectivity index (χ3n) is 2.72. The third-order valence-corrected chi connectivity index (χ3v) is 2.72. The van der Waals surface area contributed by atoms with Crippen LogP contribution in [-0.4, -0.2) is 30.4 Å². The fourth-order valence-electron chi connectivity index (χ4n) is 1.83. The summed E-state index contributed by atoms with van der Waals surface area (Å²) in [6.45, 7) is 8.08. The molecule has 1 rings (SSSR count). The maximum absolute atomic E-state index is 12.3. The fourth-order valence-corrected chi connectivity index (χ4v) is 1.83. The molecule has 0 aliphatic carbocycles. The normalized spacial score (nSPS) is 9.95. The number of carbonyl (C=O) groups is 1. The quantitative estimate of drug-likeness (QED) is 0.841. The Hall–Kier alpha value is -1.79. The lowest BCUT2D eigenvalue weighted by Gasteiger charge is -2.23. The molecule has 19 heavy (non-hydrogen) atoms. The molecule has 0 saturated carbocycles. The first-order chi connectivity index (χ1) is 9.08. The van der Waals surface area contributed by atoms with Crippen LogP contribution >= 0.6 is 0 Å². The molecule has 0 atom stereocenters. The number of hydrogen-bond acceptors (Lipinski definition) is 2. The van der Waals surface area contributed by atoms with Crippen molar-refractivity contribution in [1.82, 2.24) is 4.90 Å². The van der Waals surface area contributed by atoms with Gasteiger partial charge in [-0.1, -0.05) is 25.7 Å². The number of rotatable bonds is 4. The van der Waals surface area contributed by atoms with Crippen LogP contribution in [0.25, 0.3) is 0 Å². The molecule has 0 aromatic heterocycles. The Kier molecular flexibility index (Phi) is 6.11. The summed E-state index contributed by atoms with van der Waals surface area (Å²) < 4.78 is 0. The van der Waals surface area contributed by atoms with Crippen molar-refractivity contribution >= 4 is 5.91 Å². The van der Waals surface area contributed by atoms with Crippen LogP contribution in [0.15, 0.2) is 24.3 Å². The van der Waals surface area contributed by atoms with Gasteiger partial charge in [0.25, 0.3) is 5.91 Å². The lowest BCUT2D eigenvalue weighted by Crippen LogP contribution is -2.33. The molecule has 0 aliphatic heterocycles. The first-order valence-electron chi connectivity index (χ1n) is 6.66. The zero-order chi connectivity index (χ0) is 14.3. The Morgan fingerprint density at radius 1 is 1.32 bits per heavy atom. The molecule has 3 nitrogen and oxygen atoms in total. The van der Waals surface area contributed by atoms with Gasteiger partial charge in [-0.25, -0.2) is 0 Å². The lowest BCUT2D eigenvalue weighted by atomic mass is 10.1. The molecule has 0 bridgehead atoms. The summed E-state index contributed by atoms with van der Waals surface area (Å²) in [5.41, 5.74) is 6.92. The molecule has 0 unspecified atom stereocenters. The second-order valence-corrected chi connectivity index (χ2v) is 4.82. The minimum Gasteiger partial charge on any atom is -0.339 e. The summed E-state index contributed by atoms with van der Waals surface area (Å²) in [5, 5.41) is 0. The monoisotopic (exact) mass is 258 g/mol. The summed E-state index contributed by atoms with van der Waals surface area (Å²) in [6.07, 6.45) is 0. The van der Waals surface area contributed by atoms with Gasteiger partial charge >= 0.3 is 0 Å². The Bertz CT molecular complexity index is 466. The van der Waals surface area contributed by atoms with E-state index in [-0.39, 0.29) is 5.91 Å². The van der Waals surface area contributed by atoms with Crippen LogP contribution in [0.3, 0.4) is 0 Å². The van der Waals surface area contributed by atoms with E-state index in [1.165, 1.54) is 0 Å². The predicted molar refractivity (Wildman–Crippen MR) is 78.8 cm³/mol. The number of nitrogens with two attached hydrogens (primary N) is 1. The lowest BCUT2D eigenvalue weighted by molar-refractivity contribution is 0.0746. The van der Waals surface area contributed by atoms with Crippen molar-refractivity contribution in [1.29, 1.82) is 0 Å². The summed E-state index contributed by atoms with van der Waals surface area (Å²) in [4.78, 5) is 14.2. The standard InChI is InChI=1S/C16H22N2O/c1-4-18(12-13(2)3)16(19)15-9-7-14(8-10-15)6-5-11-17/h7-10,13H,4,11-12,17H2,1-3H3. The van der Waals surface area contributed by atoms with Crippen molar-refractivity contribution in [2.45, 2.75) is 20.8 Å². The van der Waals surface area contributed by atoms with E-state index >= 15 is 0 Å². The van der Waals surface area contributed by atoms with Crippen molar-refractivity contribution in [3.8, 4) is 11.8 Å². The Morgan fingerprint density at radius 3 is 2.42 bits per heavy atom. The van der Waals surface area contributed by atoms with Gasteiger partial charge in [0.2, 0.25) is 0 Å². The number of amides is 1. The second-order valence-electron chi connectivity index (χ2n) is 4.82. The molecule has 0 spiro atoms. The largest absolute Gasteiger partial charge is 0.339 e. The predicted octanol–water partition coefficient (Wildman–Crippen LogP) is 2.11. The van der Waals surface area contributed by atoms with Crippen molar-refractivity contribution < 1.29 is 4.79 Å². The fraction of sp³-hybridized carbons (Fsp3) is 0.438. The average molecular weight is 258 g/mol. The Morgan fingerprint density at radius 2 is 1.95 bits per heavy atom. The van der Waals surface area contributed by atoms with E-state index in [9.17, 15) is 4.79 Å². The van der Waals surface area contributed by atoms with Crippen LogP contribution in [-0.2, 0) is 0 Å². The highest BCUT2D eigenvalue weighted by Crippen LogP contribution is 2.09. The van der Waals surface area contributed by atoms with Crippen molar-refractivity contribution in [2.24, 2.45) is 11.7 Å². The Labute approximate surface area is 115 Å². The van der Waals surface area contributed by atoms with Crippen molar-refractivity contribution in [3.63, 3.8) is 0 Å². The van der Waals surface area contributed by atoms with Gasteiger partial charge in [0.1, 0.15) is 0 Å². The molecule has 0 heterocycles. The molecule has 2 N–H and O–H groups in total. The van der Waals surface area contributed by atoms with Crippen LogP contribution in [0.4, 0.5) is 0 Å². The number of carbonyl (C=O) groups excluding carboxylic acids is 1. The van der Waals surface area contributed by atoms with E-state index in [2.05, 4.69) is 25.7 Å². The summed E-state index contributed by atoms with van der Waals surface area (Å²) in [7, 11) is 0. The first-order valence-corrected chi connectivity index (χ1v) is 6.66. The number of nitrogens with zero attached hydrogens (tertiary/aromatic N) is 1. The molecule has 0 fully saturated rings. The van der Waals surface area contributed by atoms with Crippen LogP contribution in [0.5, 0.6) is 0 Å². The molecule has 1 aromatic rings. The minimum absolute atomic E-state index is 0.0783. The molecule has 0 saturated heterocycles. The maximum atomic E-state index is 12.3. The van der Waals surface area contributed by atoms with Gasteiger partial charge in [-0.3, -0.25) is 4.79 Å². The SMILES string of the molecule is CCN(CC(C)C)C(=O)c1ccc(C#CCN)cc1. The van der Waals surface area contributed by atoms with E-state index in [1.807, 2.05) is 36.1 Å². The molecule has 1 aromatic carbocycles. The second kappa shape index (κ2) is 7.60. The van der Waals surface area contributed by atoms with Crippen LogP contribution < -0.4 is 5.73 Å². The highest BCUT2D eigenvalue weighted by Gasteiger charge is 2.14. The maximum Gasteiger partial charge on any atom is 0.253 e. The van der Waals surface area contributed by atoms with E-state index < -0.39 is 0 Å². The van der Waals surface area contributed by atoms with Gasteiger partial charge in [0.15, 0.2) is 0 Å². The molecule has 102 valence electrons. The van der Waals surface area contributed by atoms with Gasteiger partial charge in [-0.15, -0.1) is 0 Å². The van der Waals surface area contributed by atoms with Crippen LogP contribution in [0, 0.1) is 17.8 Å². The summed E-state index contributed by atoms with van der Waals surface area (Å²) in [5.74, 6) is 6.29. The van der Waals surface area contributed by atoms with E-state index in [1.54, 1.807) is 0 Å². The summed E-state index contributed by atoms with van der Waals surface area (Å²) in [6, 6.07) is 7.37. The Balaban J connectivity index is 2.81. The molecule has 0 aliphatic rings. The highest BCUT2D eigenvalue weighted by molar-refractivity contribution is 5.94. The van der Waals surface area contributed by atoms with Crippen LogP contribution in [0.1, 0.15) is 36.7 Å². The van der Waals surface area contributed by atoms with Gasteiger partial charge < -0.3 is 10.6 Å². The first kappa shape index (κ1) is 15.3.